The highest BCUT2D eigenvalue weighted by atomic mass is 35.5. The number of hydrogen-bond donors (Lipinski definition) is 2. The van der Waals surface area contributed by atoms with E-state index in [1.54, 1.807) is 37.3 Å². The number of carbonyl (C=O) groups excluding carboxylic acids is 2. The van der Waals surface area contributed by atoms with Crippen molar-refractivity contribution in [3.05, 3.63) is 53.1 Å². The Morgan fingerprint density at radius 1 is 1.19 bits per heavy atom. The van der Waals surface area contributed by atoms with Gasteiger partial charge in [-0.1, -0.05) is 37.6 Å². The Hall–Kier alpha value is -2.53. The Balaban J connectivity index is 1.81. The van der Waals surface area contributed by atoms with E-state index in [-0.39, 0.29) is 23.7 Å². The van der Waals surface area contributed by atoms with E-state index in [0.29, 0.717) is 22.1 Å². The highest BCUT2D eigenvalue weighted by Gasteiger charge is 2.26. The van der Waals surface area contributed by atoms with Gasteiger partial charge in [0.2, 0.25) is 5.91 Å². The van der Waals surface area contributed by atoms with E-state index in [9.17, 15) is 9.59 Å². The first-order valence-electron chi connectivity index (χ1n) is 8.53. The van der Waals surface area contributed by atoms with Crippen LogP contribution in [0.2, 0.25) is 5.02 Å². The number of rotatable bonds is 4. The molecule has 0 aliphatic carbocycles. The maximum Gasteiger partial charge on any atom is 0.265 e. The summed E-state index contributed by atoms with van der Waals surface area (Å²) in [6.45, 7) is 5.69. The molecule has 2 N–H and O–H groups in total. The highest BCUT2D eigenvalue weighted by molar-refractivity contribution is 6.30. The molecule has 1 aliphatic heterocycles. The van der Waals surface area contributed by atoms with Crippen LogP contribution < -0.4 is 15.4 Å². The van der Waals surface area contributed by atoms with Crippen LogP contribution in [0.3, 0.4) is 0 Å². The Kier molecular flexibility index (Phi) is 5.18. The van der Waals surface area contributed by atoms with Gasteiger partial charge in [-0.15, -0.1) is 0 Å². The van der Waals surface area contributed by atoms with Gasteiger partial charge >= 0.3 is 0 Å². The average molecular weight is 373 g/mol. The first-order valence-corrected chi connectivity index (χ1v) is 8.91. The molecule has 6 heteroatoms. The van der Waals surface area contributed by atoms with Gasteiger partial charge in [-0.25, -0.2) is 0 Å². The number of carbonyl (C=O) groups is 2. The first kappa shape index (κ1) is 18.3. The fourth-order valence-electron chi connectivity index (χ4n) is 3.02. The van der Waals surface area contributed by atoms with Crippen LogP contribution in [0.15, 0.2) is 42.5 Å². The third kappa shape index (κ3) is 3.83. The normalized spacial score (nSPS) is 17.1. The Labute approximate surface area is 157 Å². The summed E-state index contributed by atoms with van der Waals surface area (Å²) in [4.78, 5) is 24.6. The molecule has 5 nitrogen and oxygen atoms in total. The van der Waals surface area contributed by atoms with E-state index >= 15 is 0 Å². The zero-order valence-electron chi connectivity index (χ0n) is 14.9. The van der Waals surface area contributed by atoms with Crippen molar-refractivity contribution in [3.63, 3.8) is 0 Å². The number of amides is 2. The molecular weight excluding hydrogens is 352 g/mol. The largest absolute Gasteiger partial charge is 0.479 e. The van der Waals surface area contributed by atoms with Crippen LogP contribution in [-0.2, 0) is 9.59 Å². The molecule has 0 unspecified atom stereocenters. The maximum absolute atomic E-state index is 12.9. The minimum Gasteiger partial charge on any atom is -0.479 e. The summed E-state index contributed by atoms with van der Waals surface area (Å²) in [6, 6.07) is 12.5. The van der Waals surface area contributed by atoms with Crippen molar-refractivity contribution < 1.29 is 14.3 Å². The topological polar surface area (TPSA) is 67.4 Å². The van der Waals surface area contributed by atoms with Gasteiger partial charge in [-0.2, -0.15) is 0 Å². The lowest BCUT2D eigenvalue weighted by atomic mass is 9.87. The number of ether oxygens (including phenoxy) is 1. The summed E-state index contributed by atoms with van der Waals surface area (Å²) in [5.74, 6) is 0.0703. The van der Waals surface area contributed by atoms with Crippen molar-refractivity contribution >= 4 is 34.8 Å². The van der Waals surface area contributed by atoms with E-state index in [1.807, 2.05) is 26.0 Å². The summed E-state index contributed by atoms with van der Waals surface area (Å²) in [7, 11) is 0. The molecule has 0 saturated carbocycles. The predicted octanol–water partition coefficient (Wildman–Crippen LogP) is 4.44. The van der Waals surface area contributed by atoms with Gasteiger partial charge in [0.1, 0.15) is 5.75 Å². The zero-order valence-corrected chi connectivity index (χ0v) is 15.6. The van der Waals surface area contributed by atoms with E-state index in [1.165, 1.54) is 0 Å². The number of halogens is 1. The summed E-state index contributed by atoms with van der Waals surface area (Å²) >= 11 is 5.95. The molecule has 1 aliphatic rings. The number of nitrogens with one attached hydrogen (secondary N) is 2. The molecule has 0 spiro atoms. The van der Waals surface area contributed by atoms with E-state index < -0.39 is 6.10 Å². The lowest BCUT2D eigenvalue weighted by Crippen LogP contribution is -2.34. The smallest absolute Gasteiger partial charge is 0.265 e. The molecule has 3 rings (SSSR count). The fourth-order valence-corrected chi connectivity index (χ4v) is 3.14. The van der Waals surface area contributed by atoms with Crippen molar-refractivity contribution in [2.24, 2.45) is 5.92 Å². The van der Waals surface area contributed by atoms with Crippen LogP contribution >= 0.6 is 11.6 Å². The van der Waals surface area contributed by atoms with E-state index in [2.05, 4.69) is 10.6 Å². The van der Waals surface area contributed by atoms with Crippen molar-refractivity contribution in [2.75, 3.05) is 10.6 Å². The summed E-state index contributed by atoms with van der Waals surface area (Å²) in [5.41, 5.74) is 2.07. The first-order chi connectivity index (χ1) is 12.3. The van der Waals surface area contributed by atoms with Crippen LogP contribution in [0.4, 0.5) is 11.4 Å². The molecule has 0 radical (unpaired) electrons. The van der Waals surface area contributed by atoms with Gasteiger partial charge in [-0.05, 0) is 48.7 Å². The molecule has 136 valence electrons. The fraction of sp³-hybridized carbons (Fsp3) is 0.300. The second-order valence-electron chi connectivity index (χ2n) is 6.72. The predicted molar refractivity (Wildman–Crippen MR) is 103 cm³/mol. The van der Waals surface area contributed by atoms with Crippen LogP contribution in [0.5, 0.6) is 5.75 Å². The molecule has 2 aromatic rings. The van der Waals surface area contributed by atoms with Crippen LogP contribution in [0.1, 0.15) is 32.3 Å². The minimum absolute atomic E-state index is 0.109. The summed E-state index contributed by atoms with van der Waals surface area (Å²) in [6.07, 6.45) is -0.529. The molecule has 0 bridgehead atoms. The molecule has 2 amide bonds. The van der Waals surface area contributed by atoms with Crippen LogP contribution in [0, 0.1) is 5.92 Å². The molecule has 0 aromatic heterocycles. The lowest BCUT2D eigenvalue weighted by Gasteiger charge is -2.24. The number of hydrogen-bond acceptors (Lipinski definition) is 3. The zero-order chi connectivity index (χ0) is 18.8. The average Bonchev–Trinajstić information content (AvgIpc) is 2.58. The third-order valence-electron chi connectivity index (χ3n) is 4.36. The van der Waals surface area contributed by atoms with Crippen molar-refractivity contribution in [1.82, 2.24) is 0 Å². The standard InChI is InChI=1S/C20H21ClN2O3/c1-11(2)18(13-4-6-14(21)7-5-13)20(25)22-15-8-9-17-16(10-15)23-19(24)12(3)26-17/h4-12,18H,1-3H3,(H,22,25)(H,23,24)/t12-,18-/m1/s1. The summed E-state index contributed by atoms with van der Waals surface area (Å²) in [5, 5.41) is 6.35. The van der Waals surface area contributed by atoms with Gasteiger partial charge in [0.25, 0.3) is 5.91 Å². The lowest BCUT2D eigenvalue weighted by molar-refractivity contribution is -0.122. The number of anilines is 2. The Bertz CT molecular complexity index is 833. The van der Waals surface area contributed by atoms with Crippen molar-refractivity contribution in [3.8, 4) is 5.75 Å². The summed E-state index contributed by atoms with van der Waals surface area (Å²) < 4.78 is 5.53. The molecule has 1 heterocycles. The second-order valence-corrected chi connectivity index (χ2v) is 7.16. The van der Waals surface area contributed by atoms with E-state index in [4.69, 9.17) is 16.3 Å². The quantitative estimate of drug-likeness (QED) is 0.833. The van der Waals surface area contributed by atoms with Gasteiger partial charge in [0.15, 0.2) is 6.10 Å². The van der Waals surface area contributed by atoms with Gasteiger partial charge in [0.05, 0.1) is 11.6 Å². The van der Waals surface area contributed by atoms with Crippen molar-refractivity contribution in [2.45, 2.75) is 32.8 Å². The molecule has 2 aromatic carbocycles. The molecule has 0 fully saturated rings. The van der Waals surface area contributed by atoms with Gasteiger partial charge in [-0.3, -0.25) is 9.59 Å². The maximum atomic E-state index is 12.9. The van der Waals surface area contributed by atoms with Crippen LogP contribution in [0.25, 0.3) is 0 Å². The Morgan fingerprint density at radius 3 is 2.54 bits per heavy atom. The third-order valence-corrected chi connectivity index (χ3v) is 4.61. The van der Waals surface area contributed by atoms with Crippen LogP contribution in [-0.4, -0.2) is 17.9 Å². The second kappa shape index (κ2) is 7.38. The Morgan fingerprint density at radius 2 is 1.88 bits per heavy atom. The highest BCUT2D eigenvalue weighted by Crippen LogP contribution is 2.33. The number of benzene rings is 2. The SMILES string of the molecule is CC(C)[C@@H](C(=O)Nc1ccc2c(c1)NC(=O)[C@@H](C)O2)c1ccc(Cl)cc1. The minimum atomic E-state index is -0.529. The molecular formula is C20H21ClN2O3. The van der Waals surface area contributed by atoms with Gasteiger partial charge in [0, 0.05) is 10.7 Å². The van der Waals surface area contributed by atoms with Gasteiger partial charge < -0.3 is 15.4 Å². The van der Waals surface area contributed by atoms with Crippen molar-refractivity contribution in [1.29, 1.82) is 0 Å². The number of fused-ring (bicyclic) bond motifs is 1. The molecule has 0 saturated heterocycles. The monoisotopic (exact) mass is 372 g/mol. The molecule has 26 heavy (non-hydrogen) atoms. The van der Waals surface area contributed by atoms with E-state index in [0.717, 1.165) is 5.56 Å². The molecule has 2 atom stereocenters.